The van der Waals surface area contributed by atoms with Gasteiger partial charge in [0, 0.05) is 53.9 Å². The fourth-order valence-corrected chi connectivity index (χ4v) is 12.9. The van der Waals surface area contributed by atoms with Crippen LogP contribution in [0.5, 0.6) is 0 Å². The smallest absolute Gasteiger partial charge is 0.337 e. The van der Waals surface area contributed by atoms with Crippen molar-refractivity contribution in [3.05, 3.63) is 221 Å². The topological polar surface area (TPSA) is 342 Å². The summed E-state index contributed by atoms with van der Waals surface area (Å²) in [4.78, 5) is 108. The molecule has 4 amide bonds. The lowest BCUT2D eigenvalue weighted by Crippen LogP contribution is -2.40. The summed E-state index contributed by atoms with van der Waals surface area (Å²) in [5.74, 6) is -2.08. The molecule has 4 aromatic heterocycles. The van der Waals surface area contributed by atoms with E-state index in [4.69, 9.17) is 36.3 Å². The number of thiazole rings is 2. The number of piperidine rings is 2. The molecule has 2 fully saturated rings. The molecule has 2 aliphatic heterocycles. The normalized spacial score (nSPS) is 13.6. The van der Waals surface area contributed by atoms with Crippen molar-refractivity contribution >= 4 is 132 Å². The molecular formula is C75H84ClF4N11O13S4. The van der Waals surface area contributed by atoms with Crippen LogP contribution in [-0.4, -0.2) is 123 Å². The van der Waals surface area contributed by atoms with Crippen molar-refractivity contribution in [1.29, 1.82) is 0 Å². The number of amides is 4. The zero-order valence-electron chi connectivity index (χ0n) is 60.5. The van der Waals surface area contributed by atoms with Gasteiger partial charge in [0.15, 0.2) is 5.13 Å². The molecule has 0 saturated carbocycles. The first-order chi connectivity index (χ1) is 51.2. The number of thioether (sulfide) groups is 2. The third-order valence-corrected chi connectivity index (χ3v) is 19.1. The first-order valence-corrected chi connectivity index (χ1v) is 37.0. The van der Waals surface area contributed by atoms with E-state index in [9.17, 15) is 55.9 Å². The quantitative estimate of drug-likeness (QED) is 0.00877. The highest BCUT2D eigenvalue weighted by atomic mass is 35.5. The van der Waals surface area contributed by atoms with Crippen LogP contribution in [0.15, 0.2) is 165 Å². The zero-order valence-corrected chi connectivity index (χ0v) is 64.5. The molecule has 4 aromatic carbocycles. The number of rotatable bonds is 21. The van der Waals surface area contributed by atoms with E-state index in [2.05, 4.69) is 124 Å². The number of anilines is 5. The first-order valence-electron chi connectivity index (χ1n) is 33.0. The van der Waals surface area contributed by atoms with Crippen LogP contribution in [0.2, 0.25) is 0 Å². The maximum Gasteiger partial charge on any atom is 0.337 e. The molecular weight excluding hydrogens is 1500 g/mol. The minimum atomic E-state index is -1.23. The summed E-state index contributed by atoms with van der Waals surface area (Å²) in [6.45, 7) is 28.9. The molecule has 0 aliphatic carbocycles. The van der Waals surface area contributed by atoms with E-state index in [0.29, 0.717) is 36.7 Å². The Labute approximate surface area is 643 Å². The van der Waals surface area contributed by atoms with Gasteiger partial charge in [0.1, 0.15) is 39.8 Å². The Kier molecular flexibility index (Phi) is 35.6. The summed E-state index contributed by atoms with van der Waals surface area (Å²) in [7, 11) is 2.43. The van der Waals surface area contributed by atoms with E-state index in [1.54, 1.807) is 57.3 Å². The van der Waals surface area contributed by atoms with Crippen LogP contribution in [0.3, 0.4) is 0 Å². The third kappa shape index (κ3) is 29.8. The lowest BCUT2D eigenvalue weighted by atomic mass is 9.94. The van der Waals surface area contributed by atoms with Crippen molar-refractivity contribution in [2.75, 3.05) is 67.4 Å². The van der Waals surface area contributed by atoms with Crippen LogP contribution in [0, 0.1) is 29.2 Å². The Morgan fingerprint density at radius 1 is 0.676 bits per heavy atom. The van der Waals surface area contributed by atoms with E-state index >= 15 is 0 Å². The number of methoxy groups -OCH3 is 2. The molecule has 0 bridgehead atoms. The number of oxazole rings is 2. The second kappa shape index (κ2) is 43.5. The van der Waals surface area contributed by atoms with Gasteiger partial charge in [-0.25, -0.2) is 51.9 Å². The van der Waals surface area contributed by atoms with Gasteiger partial charge in [-0.1, -0.05) is 91.0 Å². The number of likely N-dealkylation sites (tertiary alicyclic amines) is 1. The number of nitrogens with two attached hydrogens (primary N) is 1. The highest BCUT2D eigenvalue weighted by Crippen LogP contribution is 2.34. The number of nitrogen functional groups attached to an aromatic ring is 1. The molecule has 2 aliphatic rings. The second-order valence-electron chi connectivity index (χ2n) is 25.2. The number of nitrogens with one attached hydrogen (secondary N) is 5. The van der Waals surface area contributed by atoms with Crippen molar-refractivity contribution in [2.24, 2.45) is 5.92 Å². The Hall–Kier alpha value is -10.2. The van der Waals surface area contributed by atoms with Gasteiger partial charge < -0.3 is 60.6 Å². The van der Waals surface area contributed by atoms with Gasteiger partial charge in [-0.05, 0) is 147 Å². The van der Waals surface area contributed by atoms with Crippen molar-refractivity contribution in [1.82, 2.24) is 30.2 Å². The SMILES string of the molecule is C=CC(=O)Cl.C=CC(=O)Nc1ccc(C(=O)N2CCC[C@@H](Cc3nc(SCc4ncc(C(C)(C)C)o4)cs3)C2)cc1F.C=CC(=O)Nc1ccc(C(=O)O)cc1F.C=CC(=O)Nc1ccc(C(=O)OC)cc1F.CC(C)(C)c1cnc(CSc2cnc(N[C@@H]3CCCNC3)s2)o1.COC(=O)c1ccc(N)c(F)c1. The van der Waals surface area contributed by atoms with Crippen LogP contribution < -0.4 is 32.3 Å². The highest BCUT2D eigenvalue weighted by Gasteiger charge is 2.27. The largest absolute Gasteiger partial charge is 0.478 e. The molecule has 0 radical (unpaired) electrons. The Morgan fingerprint density at radius 3 is 1.61 bits per heavy atom. The molecule has 576 valence electrons. The van der Waals surface area contributed by atoms with Crippen LogP contribution in [0.1, 0.15) is 137 Å². The van der Waals surface area contributed by atoms with Crippen molar-refractivity contribution in [3.8, 4) is 0 Å². The number of aromatic carboxylic acids is 1. The van der Waals surface area contributed by atoms with Crippen LogP contribution >= 0.6 is 57.8 Å². The van der Waals surface area contributed by atoms with E-state index in [0.717, 1.165) is 113 Å². The lowest BCUT2D eigenvalue weighted by molar-refractivity contribution is -0.112. The highest BCUT2D eigenvalue weighted by molar-refractivity contribution is 8.00. The number of carbonyl (C=O) groups excluding carboxylic acids is 7. The number of hydrogen-bond donors (Lipinski definition) is 7. The minimum absolute atomic E-state index is 0.00548. The summed E-state index contributed by atoms with van der Waals surface area (Å²) in [6.07, 6.45) is 14.8. The molecule has 8 N–H and O–H groups in total. The molecule has 2 saturated heterocycles. The molecule has 24 nitrogen and oxygen atoms in total. The molecule has 33 heteroatoms. The van der Waals surface area contributed by atoms with Gasteiger partial charge in [0.25, 0.3) is 5.91 Å². The predicted molar refractivity (Wildman–Crippen MR) is 413 cm³/mol. The number of carboxylic acids is 1. The average Bonchev–Trinajstić information content (AvgIpc) is 0.853. The van der Waals surface area contributed by atoms with Crippen molar-refractivity contribution in [3.63, 3.8) is 0 Å². The van der Waals surface area contributed by atoms with Crippen LogP contribution in [-0.2, 0) is 57.4 Å². The number of halogens is 5. The number of nitrogens with zero attached hydrogens (tertiary/aromatic N) is 5. The van der Waals surface area contributed by atoms with Crippen LogP contribution in [0.4, 0.5) is 45.4 Å². The Bertz CT molecular complexity index is 4450. The van der Waals surface area contributed by atoms with Crippen molar-refractivity contribution in [2.45, 2.75) is 111 Å². The molecule has 6 heterocycles. The molecule has 10 rings (SSSR count). The minimum Gasteiger partial charge on any atom is -0.478 e. The molecule has 8 aromatic rings. The van der Waals surface area contributed by atoms with Crippen molar-refractivity contribution < 1.29 is 79.3 Å². The summed E-state index contributed by atoms with van der Waals surface area (Å²) in [6, 6.07) is 15.2. The monoisotopic (exact) mass is 1590 g/mol. The summed E-state index contributed by atoms with van der Waals surface area (Å²) in [5.41, 5.74) is 5.41. The second-order valence-corrected chi connectivity index (χ2v) is 29.8. The Balaban J connectivity index is 0.000000253. The number of ether oxygens (including phenoxy) is 2. The van der Waals surface area contributed by atoms with Gasteiger partial charge >= 0.3 is 17.9 Å². The lowest BCUT2D eigenvalue weighted by Gasteiger charge is -2.32. The first kappa shape index (κ1) is 88.4. The zero-order chi connectivity index (χ0) is 79.8. The molecule has 0 unspecified atom stereocenters. The van der Waals surface area contributed by atoms with E-state index in [1.807, 2.05) is 12.4 Å². The van der Waals surface area contributed by atoms with E-state index in [-0.39, 0.29) is 61.7 Å². The van der Waals surface area contributed by atoms with Gasteiger partial charge in [-0.15, -0.1) is 23.1 Å². The third-order valence-electron chi connectivity index (χ3n) is 14.9. The van der Waals surface area contributed by atoms with E-state index in [1.165, 1.54) is 85.9 Å². The number of allylic oxidation sites excluding steroid dienone is 1. The predicted octanol–water partition coefficient (Wildman–Crippen LogP) is 15.5. The number of hydrogen-bond acceptors (Lipinski definition) is 23. The summed E-state index contributed by atoms with van der Waals surface area (Å²) in [5, 5.41) is 26.9. The number of carboxylic acid groups (broad SMARTS) is 1. The fraction of sp³-hybridized carbons (Fsp3) is 0.307. The Morgan fingerprint density at radius 2 is 1.16 bits per heavy atom. The number of esters is 2. The average molecular weight is 1590 g/mol. The number of carbonyl (C=O) groups is 8. The molecule has 108 heavy (non-hydrogen) atoms. The van der Waals surface area contributed by atoms with Gasteiger partial charge in [-0.3, -0.25) is 24.0 Å². The fourth-order valence-electron chi connectivity index (χ4n) is 9.24. The van der Waals surface area contributed by atoms with E-state index < -0.39 is 64.1 Å². The van der Waals surface area contributed by atoms with Crippen LogP contribution in [0.25, 0.3) is 0 Å². The molecule has 2 atom stereocenters. The number of benzene rings is 4. The number of aromatic nitrogens is 4. The molecule has 0 spiro atoms. The summed E-state index contributed by atoms with van der Waals surface area (Å²) >= 11 is 11.4. The standard InChI is InChI=1S/C27H31FN4O3S2.C16H24N4OS2.C11H10FNO3.C10H8FNO3.C8H8FNO2.C3H3ClO/c1-5-22(33)30-20-9-8-18(12-19(20)28)26(34)32-10-6-7-17(14-32)11-24-31-25(16-37-24)36-15-23-29-13-21(35-23)27(2,3)4;1-16(2,3)12-8-18-13(21-12)10-22-14-9-19-15(23-14)20-11-5-4-6-17-7-11;1-3-10(14)13-9-5-4-7(6-8(9)12)11(15)16-2;1-2-9(13)12-8-4-3-6(10(14)15)5-7(8)11;1-12-8(11)5-2-3-7(10)6(9)4-5;1-2-3(4)5/h5,8-9,12-13,16-17H,1,6-7,10-11,14-15H2,2-4H3,(H,30,33);8-9,11,17H,4-7,10H2,1-3H3,(H,19,20);3-6H,1H2,2H3,(H,13,14);2-5H,1H2,(H,12,13)(H,14,15);2-4H,10H2,1H3;2H,1H2/t17-;11-;;;;/m01..../s1. The van der Waals surface area contributed by atoms with Gasteiger partial charge in [0.2, 0.25) is 34.7 Å². The van der Waals surface area contributed by atoms with Gasteiger partial charge in [-0.2, -0.15) is 0 Å². The summed E-state index contributed by atoms with van der Waals surface area (Å²) < 4.78 is 75.4. The maximum atomic E-state index is 14.4. The van der Waals surface area contributed by atoms with Gasteiger partial charge in [0.05, 0.1) is 93.0 Å². The maximum absolute atomic E-state index is 14.4.